The van der Waals surface area contributed by atoms with Crippen LogP contribution in [0.15, 0.2) is 24.3 Å². The molecule has 0 saturated carbocycles. The van der Waals surface area contributed by atoms with E-state index in [1.807, 2.05) is 12.1 Å². The minimum absolute atomic E-state index is 0.420. The fraction of sp³-hybridized carbons (Fsp3) is 0.571. The number of benzene rings is 1. The molecule has 0 saturated heterocycles. The van der Waals surface area contributed by atoms with Crippen LogP contribution in [0, 0.1) is 0 Å². The minimum atomic E-state index is 0.420. The maximum absolute atomic E-state index is 6.02. The van der Waals surface area contributed by atoms with E-state index in [9.17, 15) is 0 Å². The second-order valence-corrected chi connectivity index (χ2v) is 4.63. The number of nitrogens with one attached hydrogen (secondary N) is 1. The molecule has 0 fully saturated rings. The molecule has 1 N–H and O–H groups in total. The summed E-state index contributed by atoms with van der Waals surface area (Å²) in [5.41, 5.74) is 1.29. The van der Waals surface area contributed by atoms with Crippen LogP contribution in [0.2, 0.25) is 5.02 Å². The third kappa shape index (κ3) is 3.80. The summed E-state index contributed by atoms with van der Waals surface area (Å²) in [5, 5.41) is 4.51. The second-order valence-electron chi connectivity index (χ2n) is 4.20. The van der Waals surface area contributed by atoms with Crippen molar-refractivity contribution >= 4 is 11.6 Å². The van der Waals surface area contributed by atoms with Crippen LogP contribution < -0.4 is 5.32 Å². The van der Waals surface area contributed by atoms with Gasteiger partial charge in [0.2, 0.25) is 0 Å². The van der Waals surface area contributed by atoms with Crippen LogP contribution in [0.4, 0.5) is 0 Å². The third-order valence-corrected chi connectivity index (χ3v) is 3.32. The summed E-state index contributed by atoms with van der Waals surface area (Å²) < 4.78 is 0. The first kappa shape index (κ1) is 13.5. The van der Waals surface area contributed by atoms with Gasteiger partial charge in [-0.3, -0.25) is 0 Å². The van der Waals surface area contributed by atoms with Crippen molar-refractivity contribution < 1.29 is 0 Å². The zero-order valence-electron chi connectivity index (χ0n) is 10.5. The molecule has 1 atom stereocenters. The topological polar surface area (TPSA) is 12.0 Å². The van der Waals surface area contributed by atoms with Crippen molar-refractivity contribution in [2.75, 3.05) is 0 Å². The van der Waals surface area contributed by atoms with Gasteiger partial charge in [-0.05, 0) is 37.0 Å². The monoisotopic (exact) mass is 239 g/mol. The molecule has 1 aromatic rings. The molecule has 1 unspecified atom stereocenters. The molecule has 0 aromatic heterocycles. The van der Waals surface area contributed by atoms with Crippen LogP contribution in [0.3, 0.4) is 0 Å². The molecule has 0 heterocycles. The molecule has 0 aliphatic carbocycles. The Labute approximate surface area is 104 Å². The molecule has 90 valence electrons. The lowest BCUT2D eigenvalue weighted by molar-refractivity contribution is 0.407. The summed E-state index contributed by atoms with van der Waals surface area (Å²) in [6, 6.07) is 9.18. The molecule has 0 amide bonds. The Kier molecular flexibility index (Phi) is 5.86. The van der Waals surface area contributed by atoms with E-state index < -0.39 is 0 Å². The Morgan fingerprint density at radius 1 is 1.12 bits per heavy atom. The summed E-state index contributed by atoms with van der Waals surface area (Å²) >= 11 is 6.02. The van der Waals surface area contributed by atoms with Gasteiger partial charge in [0.1, 0.15) is 0 Å². The van der Waals surface area contributed by atoms with Crippen molar-refractivity contribution in [3.05, 3.63) is 34.9 Å². The first-order chi connectivity index (χ1) is 7.71. The van der Waals surface area contributed by atoms with Crippen LogP contribution >= 0.6 is 11.6 Å². The molecule has 0 aliphatic rings. The lowest BCUT2D eigenvalue weighted by Crippen LogP contribution is -2.31. The average molecular weight is 240 g/mol. The quantitative estimate of drug-likeness (QED) is 0.767. The highest BCUT2D eigenvalue weighted by Crippen LogP contribution is 2.21. The standard InChI is InChI=1S/C14H22ClN/c1-4-13(5-2)16-14(6-3)11-8-7-9-12(15)10-11/h7-10,13-14,16H,4-6H2,1-3H3. The SMILES string of the molecule is CCC(CC)NC(CC)c1cccc(Cl)c1. The highest BCUT2D eigenvalue weighted by Gasteiger charge is 2.13. The lowest BCUT2D eigenvalue weighted by Gasteiger charge is -2.23. The molecule has 1 aromatic carbocycles. The van der Waals surface area contributed by atoms with E-state index in [0.29, 0.717) is 12.1 Å². The van der Waals surface area contributed by atoms with E-state index in [1.165, 1.54) is 18.4 Å². The van der Waals surface area contributed by atoms with Gasteiger partial charge in [-0.25, -0.2) is 0 Å². The predicted molar refractivity (Wildman–Crippen MR) is 72.0 cm³/mol. The van der Waals surface area contributed by atoms with Crippen LogP contribution in [0.25, 0.3) is 0 Å². The van der Waals surface area contributed by atoms with Gasteiger partial charge < -0.3 is 5.32 Å². The maximum atomic E-state index is 6.02. The normalized spacial score (nSPS) is 13.1. The van der Waals surface area contributed by atoms with Gasteiger partial charge in [0.15, 0.2) is 0 Å². The zero-order valence-corrected chi connectivity index (χ0v) is 11.2. The molecule has 0 aliphatic heterocycles. The third-order valence-electron chi connectivity index (χ3n) is 3.08. The summed E-state index contributed by atoms with van der Waals surface area (Å²) in [6.45, 7) is 6.67. The minimum Gasteiger partial charge on any atom is -0.307 e. The molecule has 2 heteroatoms. The number of rotatable bonds is 6. The molecule has 16 heavy (non-hydrogen) atoms. The number of halogens is 1. The second kappa shape index (κ2) is 6.93. The van der Waals surface area contributed by atoms with Crippen LogP contribution in [-0.4, -0.2) is 6.04 Å². The fourth-order valence-corrected chi connectivity index (χ4v) is 2.18. The Morgan fingerprint density at radius 2 is 1.81 bits per heavy atom. The van der Waals surface area contributed by atoms with E-state index in [1.54, 1.807) is 0 Å². The number of hydrogen-bond acceptors (Lipinski definition) is 1. The Bertz CT molecular complexity index is 307. The Balaban J connectivity index is 2.74. The Hall–Kier alpha value is -0.530. The zero-order chi connectivity index (χ0) is 12.0. The maximum Gasteiger partial charge on any atom is 0.0409 e. The van der Waals surface area contributed by atoms with Crippen molar-refractivity contribution in [3.63, 3.8) is 0 Å². The molecular formula is C14H22ClN. The van der Waals surface area contributed by atoms with Gasteiger partial charge >= 0.3 is 0 Å². The van der Waals surface area contributed by atoms with Gasteiger partial charge in [-0.1, -0.05) is 44.5 Å². The van der Waals surface area contributed by atoms with E-state index >= 15 is 0 Å². The van der Waals surface area contributed by atoms with Gasteiger partial charge in [-0.15, -0.1) is 0 Å². The molecule has 1 rings (SSSR count). The molecular weight excluding hydrogens is 218 g/mol. The van der Waals surface area contributed by atoms with Gasteiger partial charge in [0, 0.05) is 17.1 Å². The van der Waals surface area contributed by atoms with Crippen molar-refractivity contribution in [2.45, 2.75) is 52.1 Å². The van der Waals surface area contributed by atoms with E-state index in [2.05, 4.69) is 38.2 Å². The summed E-state index contributed by atoms with van der Waals surface area (Å²) in [7, 11) is 0. The highest BCUT2D eigenvalue weighted by molar-refractivity contribution is 6.30. The first-order valence-electron chi connectivity index (χ1n) is 6.22. The van der Waals surface area contributed by atoms with Crippen LogP contribution in [-0.2, 0) is 0 Å². The Morgan fingerprint density at radius 3 is 2.31 bits per heavy atom. The highest BCUT2D eigenvalue weighted by atomic mass is 35.5. The van der Waals surface area contributed by atoms with Gasteiger partial charge in [0.25, 0.3) is 0 Å². The van der Waals surface area contributed by atoms with Crippen molar-refractivity contribution in [3.8, 4) is 0 Å². The molecule has 0 bridgehead atoms. The van der Waals surface area contributed by atoms with Crippen LogP contribution in [0.1, 0.15) is 51.6 Å². The van der Waals surface area contributed by atoms with E-state index in [-0.39, 0.29) is 0 Å². The van der Waals surface area contributed by atoms with Crippen molar-refractivity contribution in [2.24, 2.45) is 0 Å². The number of hydrogen-bond donors (Lipinski definition) is 1. The smallest absolute Gasteiger partial charge is 0.0409 e. The van der Waals surface area contributed by atoms with E-state index in [4.69, 9.17) is 11.6 Å². The van der Waals surface area contributed by atoms with Crippen molar-refractivity contribution in [1.29, 1.82) is 0 Å². The van der Waals surface area contributed by atoms with Crippen LogP contribution in [0.5, 0.6) is 0 Å². The van der Waals surface area contributed by atoms with Crippen molar-refractivity contribution in [1.82, 2.24) is 5.32 Å². The lowest BCUT2D eigenvalue weighted by atomic mass is 10.0. The first-order valence-corrected chi connectivity index (χ1v) is 6.60. The summed E-state index contributed by atoms with van der Waals surface area (Å²) in [5.74, 6) is 0. The van der Waals surface area contributed by atoms with E-state index in [0.717, 1.165) is 11.4 Å². The largest absolute Gasteiger partial charge is 0.307 e. The molecule has 0 radical (unpaired) electrons. The molecule has 1 nitrogen and oxygen atoms in total. The summed E-state index contributed by atoms with van der Waals surface area (Å²) in [6.07, 6.45) is 3.44. The predicted octanol–water partition coefficient (Wildman–Crippen LogP) is 4.57. The molecule has 0 spiro atoms. The average Bonchev–Trinajstić information content (AvgIpc) is 2.31. The van der Waals surface area contributed by atoms with Gasteiger partial charge in [0.05, 0.1) is 0 Å². The van der Waals surface area contributed by atoms with Gasteiger partial charge in [-0.2, -0.15) is 0 Å². The summed E-state index contributed by atoms with van der Waals surface area (Å²) in [4.78, 5) is 0. The fourth-order valence-electron chi connectivity index (χ4n) is 1.98.